The molecular formula is C15H13FN4O. The quantitative estimate of drug-likeness (QED) is 0.795. The van der Waals surface area contributed by atoms with Crippen molar-refractivity contribution in [3.8, 4) is 11.5 Å². The van der Waals surface area contributed by atoms with E-state index in [0.717, 1.165) is 16.9 Å². The normalized spacial score (nSPS) is 12.1. The molecule has 1 unspecified atom stereocenters. The molecule has 3 aromatic rings. The number of rotatable bonds is 4. The summed E-state index contributed by atoms with van der Waals surface area (Å²) in [6.45, 7) is 1.96. The highest BCUT2D eigenvalue weighted by molar-refractivity contribution is 5.58. The van der Waals surface area contributed by atoms with E-state index < -0.39 is 0 Å². The van der Waals surface area contributed by atoms with Crippen molar-refractivity contribution in [2.75, 3.05) is 5.32 Å². The average molecular weight is 284 g/mol. The second kappa shape index (κ2) is 5.70. The largest absolute Gasteiger partial charge is 0.423 e. The number of pyridine rings is 1. The van der Waals surface area contributed by atoms with E-state index >= 15 is 0 Å². The number of halogens is 1. The maximum atomic E-state index is 12.9. The van der Waals surface area contributed by atoms with Gasteiger partial charge in [-0.1, -0.05) is 0 Å². The summed E-state index contributed by atoms with van der Waals surface area (Å²) < 4.78 is 18.0. The molecule has 0 aliphatic rings. The Hall–Kier alpha value is -2.76. The first-order chi connectivity index (χ1) is 10.2. The lowest BCUT2D eigenvalue weighted by molar-refractivity contribution is 0.568. The highest BCUT2D eigenvalue weighted by Crippen LogP contribution is 2.22. The van der Waals surface area contributed by atoms with Crippen molar-refractivity contribution in [1.82, 2.24) is 15.2 Å². The molecule has 21 heavy (non-hydrogen) atoms. The molecule has 5 nitrogen and oxygen atoms in total. The zero-order valence-corrected chi connectivity index (χ0v) is 11.3. The molecule has 1 aromatic carbocycles. The van der Waals surface area contributed by atoms with Gasteiger partial charge in [0.25, 0.3) is 0 Å². The van der Waals surface area contributed by atoms with Crippen molar-refractivity contribution in [1.29, 1.82) is 0 Å². The molecule has 0 radical (unpaired) electrons. The van der Waals surface area contributed by atoms with E-state index in [1.807, 2.05) is 31.2 Å². The Morgan fingerprint density at radius 1 is 1.14 bits per heavy atom. The zero-order valence-electron chi connectivity index (χ0n) is 11.3. The third-order valence-electron chi connectivity index (χ3n) is 3.07. The molecule has 0 saturated heterocycles. The van der Waals surface area contributed by atoms with E-state index in [1.165, 1.54) is 18.7 Å². The van der Waals surface area contributed by atoms with Crippen molar-refractivity contribution >= 4 is 5.69 Å². The molecule has 1 N–H and O–H groups in total. The van der Waals surface area contributed by atoms with E-state index in [2.05, 4.69) is 20.5 Å². The molecule has 2 heterocycles. The van der Waals surface area contributed by atoms with Crippen LogP contribution < -0.4 is 5.32 Å². The van der Waals surface area contributed by atoms with E-state index in [0.29, 0.717) is 5.89 Å². The van der Waals surface area contributed by atoms with Gasteiger partial charge in [0.2, 0.25) is 12.3 Å². The van der Waals surface area contributed by atoms with Crippen LogP contribution in [0.2, 0.25) is 0 Å². The summed E-state index contributed by atoms with van der Waals surface area (Å²) in [6.07, 6.45) is 2.51. The smallest absolute Gasteiger partial charge is 0.247 e. The Bertz CT molecular complexity index is 696. The summed E-state index contributed by atoms with van der Waals surface area (Å²) in [5.41, 5.74) is 2.56. The van der Waals surface area contributed by atoms with Gasteiger partial charge >= 0.3 is 0 Å². The van der Waals surface area contributed by atoms with Gasteiger partial charge in [0.15, 0.2) is 0 Å². The molecule has 106 valence electrons. The fraction of sp³-hybridized carbons (Fsp3) is 0.133. The minimum atomic E-state index is -0.338. The number of hydrogen-bond acceptors (Lipinski definition) is 5. The number of benzene rings is 1. The average Bonchev–Trinajstić information content (AvgIpc) is 3.03. The van der Waals surface area contributed by atoms with Crippen LogP contribution in [0.5, 0.6) is 0 Å². The van der Waals surface area contributed by atoms with E-state index in [1.54, 1.807) is 6.07 Å². The Kier molecular flexibility index (Phi) is 3.59. The van der Waals surface area contributed by atoms with Crippen LogP contribution in [-0.4, -0.2) is 15.2 Å². The maximum absolute atomic E-state index is 12.9. The second-order valence-electron chi connectivity index (χ2n) is 4.59. The van der Waals surface area contributed by atoms with E-state index in [4.69, 9.17) is 4.42 Å². The summed E-state index contributed by atoms with van der Waals surface area (Å²) in [7, 11) is 0. The minimum Gasteiger partial charge on any atom is -0.423 e. The van der Waals surface area contributed by atoms with Gasteiger partial charge in [0.1, 0.15) is 5.82 Å². The molecule has 1 atom stereocenters. The Labute approximate surface area is 120 Å². The summed E-state index contributed by atoms with van der Waals surface area (Å²) in [5, 5.41) is 10.8. The zero-order chi connectivity index (χ0) is 14.7. The summed E-state index contributed by atoms with van der Waals surface area (Å²) in [4.78, 5) is 4.06. The molecular weight excluding hydrogens is 271 g/mol. The van der Waals surface area contributed by atoms with Gasteiger partial charge in [-0.3, -0.25) is 4.98 Å². The molecule has 2 aromatic heterocycles. The van der Waals surface area contributed by atoms with Crippen LogP contribution in [0.3, 0.4) is 0 Å². The second-order valence-corrected chi connectivity index (χ2v) is 4.59. The third-order valence-corrected chi connectivity index (χ3v) is 3.07. The van der Waals surface area contributed by atoms with Gasteiger partial charge in [0, 0.05) is 11.3 Å². The molecule has 0 fully saturated rings. The van der Waals surface area contributed by atoms with Crippen LogP contribution in [0.1, 0.15) is 18.7 Å². The van der Waals surface area contributed by atoms with E-state index in [9.17, 15) is 4.39 Å². The van der Waals surface area contributed by atoms with Crippen molar-refractivity contribution in [2.24, 2.45) is 0 Å². The topological polar surface area (TPSA) is 63.8 Å². The summed E-state index contributed by atoms with van der Waals surface area (Å²) in [5.74, 6) is 0.143. The maximum Gasteiger partial charge on any atom is 0.247 e. The molecule has 6 heteroatoms. The van der Waals surface area contributed by atoms with Crippen molar-refractivity contribution in [3.63, 3.8) is 0 Å². The predicted molar refractivity (Wildman–Crippen MR) is 76.0 cm³/mol. The van der Waals surface area contributed by atoms with Gasteiger partial charge < -0.3 is 9.73 Å². The molecule has 0 spiro atoms. The SMILES string of the molecule is CC(Nc1ccc(-c2nnco2)cc1)c1ccc(F)cn1. The molecule has 0 aliphatic carbocycles. The van der Waals surface area contributed by atoms with Crippen LogP contribution >= 0.6 is 0 Å². The first kappa shape index (κ1) is 13.2. The van der Waals surface area contributed by atoms with Crippen LogP contribution in [0.15, 0.2) is 53.4 Å². The number of nitrogens with one attached hydrogen (secondary N) is 1. The molecule has 0 aliphatic heterocycles. The van der Waals surface area contributed by atoms with Crippen molar-refractivity contribution in [2.45, 2.75) is 13.0 Å². The monoisotopic (exact) mass is 284 g/mol. The highest BCUT2D eigenvalue weighted by Gasteiger charge is 2.08. The van der Waals surface area contributed by atoms with Crippen LogP contribution in [0, 0.1) is 5.82 Å². The van der Waals surface area contributed by atoms with Crippen LogP contribution in [0.25, 0.3) is 11.5 Å². The lowest BCUT2D eigenvalue weighted by atomic mass is 10.1. The van der Waals surface area contributed by atoms with Crippen LogP contribution in [0.4, 0.5) is 10.1 Å². The van der Waals surface area contributed by atoms with E-state index in [-0.39, 0.29) is 11.9 Å². The standard InChI is InChI=1S/C15H13FN4O/c1-10(14-7-4-12(16)8-17-14)19-13-5-2-11(3-6-13)15-20-18-9-21-15/h2-10,19H,1H3. The van der Waals surface area contributed by atoms with Gasteiger partial charge in [0.05, 0.1) is 17.9 Å². The predicted octanol–water partition coefficient (Wildman–Crippen LogP) is 3.44. The van der Waals surface area contributed by atoms with Gasteiger partial charge in [-0.25, -0.2) is 4.39 Å². The first-order valence-electron chi connectivity index (χ1n) is 6.47. The Morgan fingerprint density at radius 3 is 2.57 bits per heavy atom. The molecule has 0 amide bonds. The van der Waals surface area contributed by atoms with Gasteiger partial charge in [-0.15, -0.1) is 10.2 Å². The number of aromatic nitrogens is 3. The fourth-order valence-corrected chi connectivity index (χ4v) is 1.98. The third kappa shape index (κ3) is 3.05. The molecule has 3 rings (SSSR count). The molecule has 0 saturated carbocycles. The minimum absolute atomic E-state index is 0.0279. The van der Waals surface area contributed by atoms with Gasteiger partial charge in [-0.2, -0.15) is 0 Å². The van der Waals surface area contributed by atoms with Crippen LogP contribution in [-0.2, 0) is 0 Å². The number of hydrogen-bond donors (Lipinski definition) is 1. The van der Waals surface area contributed by atoms with Gasteiger partial charge in [-0.05, 0) is 43.3 Å². The lowest BCUT2D eigenvalue weighted by Crippen LogP contribution is -2.08. The number of nitrogens with zero attached hydrogens (tertiary/aromatic N) is 3. The first-order valence-corrected chi connectivity index (χ1v) is 6.47. The highest BCUT2D eigenvalue weighted by atomic mass is 19.1. The van der Waals surface area contributed by atoms with Crippen molar-refractivity contribution in [3.05, 3.63) is 60.5 Å². The summed E-state index contributed by atoms with van der Waals surface area (Å²) in [6, 6.07) is 10.7. The Balaban J connectivity index is 1.71. The fourth-order valence-electron chi connectivity index (χ4n) is 1.98. The Morgan fingerprint density at radius 2 is 1.95 bits per heavy atom. The summed E-state index contributed by atoms with van der Waals surface area (Å²) >= 11 is 0. The van der Waals surface area contributed by atoms with Crippen molar-refractivity contribution < 1.29 is 8.81 Å². The lowest BCUT2D eigenvalue weighted by Gasteiger charge is -2.14. The number of anilines is 1. The molecule has 0 bridgehead atoms.